The summed E-state index contributed by atoms with van der Waals surface area (Å²) in [4.78, 5) is 2.47. The lowest BCUT2D eigenvalue weighted by Gasteiger charge is -2.38. The van der Waals surface area contributed by atoms with Crippen LogP contribution in [0.25, 0.3) is 0 Å². The Morgan fingerprint density at radius 2 is 2.00 bits per heavy atom. The van der Waals surface area contributed by atoms with Crippen molar-refractivity contribution in [2.75, 3.05) is 26.7 Å². The topological polar surface area (TPSA) is 35.5 Å². The molecule has 1 atom stereocenters. The average molecular weight is 254 g/mol. The van der Waals surface area contributed by atoms with Gasteiger partial charge in [0.1, 0.15) is 0 Å². The van der Waals surface area contributed by atoms with E-state index >= 15 is 0 Å². The van der Waals surface area contributed by atoms with Crippen LogP contribution in [0.5, 0.6) is 0 Å². The third kappa shape index (κ3) is 4.22. The van der Waals surface area contributed by atoms with Crippen molar-refractivity contribution in [1.29, 1.82) is 0 Å². The molecule has 0 aromatic heterocycles. The van der Waals surface area contributed by atoms with Gasteiger partial charge in [0.2, 0.25) is 0 Å². The fourth-order valence-corrected chi connectivity index (χ4v) is 2.98. The van der Waals surface area contributed by atoms with Crippen molar-refractivity contribution in [2.24, 2.45) is 11.3 Å². The van der Waals surface area contributed by atoms with Gasteiger partial charge in [-0.15, -0.1) is 0 Å². The minimum absolute atomic E-state index is 0.0162. The van der Waals surface area contributed by atoms with Gasteiger partial charge in [0.25, 0.3) is 0 Å². The maximum atomic E-state index is 9.33. The lowest BCUT2D eigenvalue weighted by Crippen LogP contribution is -2.44. The van der Waals surface area contributed by atoms with E-state index in [0.29, 0.717) is 5.41 Å². The van der Waals surface area contributed by atoms with Gasteiger partial charge in [-0.1, -0.05) is 13.8 Å². The van der Waals surface area contributed by atoms with Gasteiger partial charge in [-0.2, -0.15) is 0 Å². The van der Waals surface area contributed by atoms with Crippen molar-refractivity contribution in [1.82, 2.24) is 10.2 Å². The summed E-state index contributed by atoms with van der Waals surface area (Å²) in [5.74, 6) is 0.725. The number of nitrogens with zero attached hydrogens (tertiary/aromatic N) is 1. The normalized spacial score (nSPS) is 31.2. The molecule has 0 aromatic rings. The number of aliphatic hydroxyl groups is 1. The minimum Gasteiger partial charge on any atom is -0.393 e. The predicted molar refractivity (Wildman–Crippen MR) is 75.7 cm³/mol. The summed E-state index contributed by atoms with van der Waals surface area (Å²) in [6.07, 6.45) is 5.97. The largest absolute Gasteiger partial charge is 0.393 e. The summed E-state index contributed by atoms with van der Waals surface area (Å²) in [6.45, 7) is 8.15. The molecule has 0 aliphatic heterocycles. The molecule has 0 spiro atoms. The van der Waals surface area contributed by atoms with Crippen molar-refractivity contribution in [3.63, 3.8) is 0 Å². The summed E-state index contributed by atoms with van der Waals surface area (Å²) in [5, 5.41) is 13.0. The van der Waals surface area contributed by atoms with Crippen molar-refractivity contribution >= 4 is 0 Å². The second-order valence-corrected chi connectivity index (χ2v) is 7.01. The molecule has 2 saturated carbocycles. The van der Waals surface area contributed by atoms with Crippen molar-refractivity contribution in [3.8, 4) is 0 Å². The Morgan fingerprint density at radius 3 is 2.50 bits per heavy atom. The third-order valence-corrected chi connectivity index (χ3v) is 4.68. The fourth-order valence-electron chi connectivity index (χ4n) is 2.98. The van der Waals surface area contributed by atoms with Crippen LogP contribution in [0.3, 0.4) is 0 Å². The van der Waals surface area contributed by atoms with Gasteiger partial charge >= 0.3 is 0 Å². The standard InChI is InChI=1S/C15H30N2O/c1-4-15(2,10-16-13-5-6-13)11-17(3)9-12-7-14(18)8-12/h12-14,16,18H,4-11H2,1-3H3. The molecule has 2 N–H and O–H groups in total. The molecule has 0 bridgehead atoms. The van der Waals surface area contributed by atoms with Crippen LogP contribution in [0.1, 0.15) is 46.0 Å². The molecule has 0 amide bonds. The number of rotatable bonds is 8. The summed E-state index contributed by atoms with van der Waals surface area (Å²) in [6, 6.07) is 0.808. The van der Waals surface area contributed by atoms with E-state index in [2.05, 4.69) is 31.1 Å². The third-order valence-electron chi connectivity index (χ3n) is 4.68. The molecule has 3 nitrogen and oxygen atoms in total. The summed E-state index contributed by atoms with van der Waals surface area (Å²) in [5.41, 5.74) is 0.389. The van der Waals surface area contributed by atoms with E-state index in [1.165, 1.54) is 19.3 Å². The molecule has 18 heavy (non-hydrogen) atoms. The zero-order valence-corrected chi connectivity index (χ0v) is 12.3. The Labute approximate surface area is 112 Å². The first kappa shape index (κ1) is 14.3. The molecule has 0 aromatic carbocycles. The van der Waals surface area contributed by atoms with E-state index in [-0.39, 0.29) is 6.10 Å². The van der Waals surface area contributed by atoms with Crippen LogP contribution in [0.4, 0.5) is 0 Å². The first-order valence-electron chi connectivity index (χ1n) is 7.61. The molecule has 0 saturated heterocycles. The highest BCUT2D eigenvalue weighted by atomic mass is 16.3. The molecule has 2 aliphatic rings. The Balaban J connectivity index is 1.69. The van der Waals surface area contributed by atoms with Crippen LogP contribution < -0.4 is 5.32 Å². The monoisotopic (exact) mass is 254 g/mol. The fraction of sp³-hybridized carbons (Fsp3) is 1.00. The molecule has 0 radical (unpaired) electrons. The maximum absolute atomic E-state index is 9.33. The van der Waals surface area contributed by atoms with Crippen LogP contribution in [-0.4, -0.2) is 48.8 Å². The van der Waals surface area contributed by atoms with Crippen LogP contribution in [0.15, 0.2) is 0 Å². The molecule has 2 fully saturated rings. The van der Waals surface area contributed by atoms with Crippen LogP contribution in [0, 0.1) is 11.3 Å². The number of nitrogens with one attached hydrogen (secondary N) is 1. The molecule has 2 aliphatic carbocycles. The Kier molecular flexibility index (Phi) is 4.68. The molecular formula is C15H30N2O. The van der Waals surface area contributed by atoms with Gasteiger partial charge < -0.3 is 15.3 Å². The second-order valence-electron chi connectivity index (χ2n) is 7.01. The average Bonchev–Trinajstić information content (AvgIpc) is 3.08. The first-order chi connectivity index (χ1) is 8.50. The smallest absolute Gasteiger partial charge is 0.0546 e. The van der Waals surface area contributed by atoms with Gasteiger partial charge in [-0.05, 0) is 50.5 Å². The van der Waals surface area contributed by atoms with E-state index in [4.69, 9.17) is 0 Å². The lowest BCUT2D eigenvalue weighted by molar-refractivity contribution is 0.0223. The van der Waals surface area contributed by atoms with Crippen molar-refractivity contribution in [2.45, 2.75) is 58.1 Å². The zero-order chi connectivity index (χ0) is 13.2. The van der Waals surface area contributed by atoms with E-state index in [9.17, 15) is 5.11 Å². The Bertz CT molecular complexity index is 261. The van der Waals surface area contributed by atoms with Gasteiger partial charge in [0.15, 0.2) is 0 Å². The SMILES string of the molecule is CCC(C)(CNC1CC1)CN(C)CC1CC(O)C1. The predicted octanol–water partition coefficient (Wildman–Crippen LogP) is 1.86. The highest BCUT2D eigenvalue weighted by Crippen LogP contribution is 2.29. The Morgan fingerprint density at radius 1 is 1.33 bits per heavy atom. The van der Waals surface area contributed by atoms with Gasteiger partial charge in [-0.3, -0.25) is 0 Å². The minimum atomic E-state index is -0.0162. The van der Waals surface area contributed by atoms with Crippen LogP contribution in [0.2, 0.25) is 0 Å². The summed E-state index contributed by atoms with van der Waals surface area (Å²) in [7, 11) is 2.23. The second kappa shape index (κ2) is 5.89. The molecule has 106 valence electrons. The Hall–Kier alpha value is -0.120. The number of hydrogen-bond acceptors (Lipinski definition) is 3. The van der Waals surface area contributed by atoms with E-state index in [1.54, 1.807) is 0 Å². The lowest BCUT2D eigenvalue weighted by atomic mass is 9.81. The molecular weight excluding hydrogens is 224 g/mol. The summed E-state index contributed by atoms with van der Waals surface area (Å²) < 4.78 is 0. The summed E-state index contributed by atoms with van der Waals surface area (Å²) >= 11 is 0. The number of aliphatic hydroxyl groups excluding tert-OH is 1. The molecule has 3 heteroatoms. The van der Waals surface area contributed by atoms with E-state index < -0.39 is 0 Å². The molecule has 0 heterocycles. The quantitative estimate of drug-likeness (QED) is 0.694. The molecule has 1 unspecified atom stereocenters. The van der Waals surface area contributed by atoms with Crippen LogP contribution in [-0.2, 0) is 0 Å². The first-order valence-corrected chi connectivity index (χ1v) is 7.61. The van der Waals surface area contributed by atoms with Gasteiger partial charge in [0.05, 0.1) is 6.10 Å². The van der Waals surface area contributed by atoms with Crippen LogP contribution >= 0.6 is 0 Å². The highest BCUT2D eigenvalue weighted by Gasteiger charge is 2.31. The zero-order valence-electron chi connectivity index (χ0n) is 12.3. The number of hydrogen-bond donors (Lipinski definition) is 2. The molecule has 2 rings (SSSR count). The van der Waals surface area contributed by atoms with Gasteiger partial charge in [-0.25, -0.2) is 0 Å². The van der Waals surface area contributed by atoms with E-state index in [0.717, 1.165) is 44.4 Å². The maximum Gasteiger partial charge on any atom is 0.0546 e. The van der Waals surface area contributed by atoms with E-state index in [1.807, 2.05) is 0 Å². The van der Waals surface area contributed by atoms with Crippen molar-refractivity contribution < 1.29 is 5.11 Å². The van der Waals surface area contributed by atoms with Gasteiger partial charge in [0, 0.05) is 25.7 Å². The highest BCUT2D eigenvalue weighted by molar-refractivity contribution is 4.87. The van der Waals surface area contributed by atoms with Crippen molar-refractivity contribution in [3.05, 3.63) is 0 Å².